The zero-order valence-corrected chi connectivity index (χ0v) is 10.3. The minimum atomic E-state index is 0.734. The molecule has 1 aromatic rings. The first kappa shape index (κ1) is 12.9. The van der Waals surface area contributed by atoms with Crippen LogP contribution in [0.4, 0.5) is 0 Å². The van der Waals surface area contributed by atoms with Crippen molar-refractivity contribution in [1.29, 1.82) is 0 Å². The van der Waals surface area contributed by atoms with Gasteiger partial charge in [-0.15, -0.1) is 0 Å². The van der Waals surface area contributed by atoms with E-state index >= 15 is 0 Å². The molecule has 1 rings (SSSR count). The molecule has 16 heavy (non-hydrogen) atoms. The number of hydrogen-bond acceptors (Lipinski definition) is 2. The summed E-state index contributed by atoms with van der Waals surface area (Å²) in [4.78, 5) is 4.27. The van der Waals surface area contributed by atoms with Gasteiger partial charge in [0.2, 0.25) is 0 Å². The first-order valence-corrected chi connectivity index (χ1v) is 6.04. The molecular weight excluding hydrogens is 196 g/mol. The molecule has 0 amide bonds. The summed E-state index contributed by atoms with van der Waals surface area (Å²) in [6.07, 6.45) is 8.29. The van der Waals surface area contributed by atoms with Gasteiger partial charge in [-0.2, -0.15) is 0 Å². The predicted molar refractivity (Wildman–Crippen MR) is 69.4 cm³/mol. The summed E-state index contributed by atoms with van der Waals surface area (Å²) in [5.41, 5.74) is 1.13. The molecule has 0 aliphatic heterocycles. The van der Waals surface area contributed by atoms with Gasteiger partial charge in [-0.1, -0.05) is 32.1 Å². The van der Waals surface area contributed by atoms with Gasteiger partial charge in [-0.3, -0.25) is 4.98 Å². The summed E-state index contributed by atoms with van der Waals surface area (Å²) in [5.74, 6) is 0.734. The second kappa shape index (κ2) is 8.05. The Hall–Kier alpha value is -1.15. The second-order valence-electron chi connectivity index (χ2n) is 4.38. The maximum atomic E-state index is 4.27. The van der Waals surface area contributed by atoms with Crippen molar-refractivity contribution in [2.75, 3.05) is 13.1 Å². The third-order valence-electron chi connectivity index (χ3n) is 2.26. The zero-order valence-electron chi connectivity index (χ0n) is 10.3. The number of aromatic nitrogens is 1. The number of rotatable bonds is 7. The van der Waals surface area contributed by atoms with Gasteiger partial charge in [0, 0.05) is 18.3 Å². The summed E-state index contributed by atoms with van der Waals surface area (Å²) >= 11 is 0. The molecule has 0 fully saturated rings. The number of nitrogens with one attached hydrogen (secondary N) is 1. The van der Waals surface area contributed by atoms with Crippen molar-refractivity contribution in [3.05, 3.63) is 42.2 Å². The molecule has 0 saturated heterocycles. The van der Waals surface area contributed by atoms with E-state index in [4.69, 9.17) is 0 Å². The lowest BCUT2D eigenvalue weighted by Gasteiger charge is -2.04. The van der Waals surface area contributed by atoms with Crippen LogP contribution in [0, 0.1) is 5.92 Å². The molecule has 0 aliphatic carbocycles. The van der Waals surface area contributed by atoms with Crippen molar-refractivity contribution in [3.8, 4) is 0 Å². The van der Waals surface area contributed by atoms with Crippen LogP contribution in [0.2, 0.25) is 0 Å². The van der Waals surface area contributed by atoms with E-state index in [-0.39, 0.29) is 0 Å². The highest BCUT2D eigenvalue weighted by atomic mass is 14.8. The van der Waals surface area contributed by atoms with E-state index in [1.165, 1.54) is 0 Å². The summed E-state index contributed by atoms with van der Waals surface area (Å²) < 4.78 is 0. The largest absolute Gasteiger partial charge is 0.316 e. The Kier molecular flexibility index (Phi) is 6.50. The Morgan fingerprint density at radius 2 is 2.19 bits per heavy atom. The van der Waals surface area contributed by atoms with E-state index in [1.54, 1.807) is 0 Å². The molecule has 2 nitrogen and oxygen atoms in total. The van der Waals surface area contributed by atoms with Gasteiger partial charge in [0.25, 0.3) is 0 Å². The molecule has 0 spiro atoms. The van der Waals surface area contributed by atoms with Crippen molar-refractivity contribution in [3.63, 3.8) is 0 Å². The van der Waals surface area contributed by atoms with Crippen LogP contribution in [-0.4, -0.2) is 18.1 Å². The minimum Gasteiger partial charge on any atom is -0.316 e. The number of hydrogen-bond donors (Lipinski definition) is 1. The van der Waals surface area contributed by atoms with E-state index in [2.05, 4.69) is 42.4 Å². The van der Waals surface area contributed by atoms with Crippen molar-refractivity contribution in [2.45, 2.75) is 26.7 Å². The smallest absolute Gasteiger partial charge is 0.0441 e. The quantitative estimate of drug-likeness (QED) is 0.562. The molecule has 88 valence electrons. The monoisotopic (exact) mass is 218 g/mol. The number of nitrogens with zero attached hydrogens (tertiary/aromatic N) is 1. The topological polar surface area (TPSA) is 24.9 Å². The van der Waals surface area contributed by atoms with E-state index in [0.29, 0.717) is 0 Å². The molecule has 0 unspecified atom stereocenters. The lowest BCUT2D eigenvalue weighted by Crippen LogP contribution is -2.20. The lowest BCUT2D eigenvalue weighted by atomic mass is 10.2. The fourth-order valence-corrected chi connectivity index (χ4v) is 1.42. The summed E-state index contributed by atoms with van der Waals surface area (Å²) in [5, 5.41) is 3.42. The summed E-state index contributed by atoms with van der Waals surface area (Å²) in [6, 6.07) is 6.03. The van der Waals surface area contributed by atoms with E-state index < -0.39 is 0 Å². The maximum absolute atomic E-state index is 4.27. The van der Waals surface area contributed by atoms with Crippen molar-refractivity contribution >= 4 is 0 Å². The SMILES string of the molecule is CC(C)CNCCC=CCc1ccccn1. The fourth-order valence-electron chi connectivity index (χ4n) is 1.42. The van der Waals surface area contributed by atoms with Crippen molar-refractivity contribution < 1.29 is 0 Å². The van der Waals surface area contributed by atoms with Crippen LogP contribution in [0.15, 0.2) is 36.5 Å². The van der Waals surface area contributed by atoms with E-state index in [0.717, 1.165) is 37.5 Å². The van der Waals surface area contributed by atoms with E-state index in [1.807, 2.05) is 18.3 Å². The molecule has 0 atom stereocenters. The van der Waals surface area contributed by atoms with Gasteiger partial charge in [-0.05, 0) is 37.6 Å². The van der Waals surface area contributed by atoms with Crippen LogP contribution >= 0.6 is 0 Å². The standard InChI is InChI=1S/C14H22N2/c1-13(2)12-15-10-6-3-4-8-14-9-5-7-11-16-14/h3-5,7,9,11,13,15H,6,8,10,12H2,1-2H3. The molecular formula is C14H22N2. The Bertz CT molecular complexity index is 291. The van der Waals surface area contributed by atoms with Crippen LogP contribution in [0.5, 0.6) is 0 Å². The molecule has 1 aromatic heterocycles. The maximum Gasteiger partial charge on any atom is 0.0441 e. The number of allylic oxidation sites excluding steroid dienone is 1. The second-order valence-corrected chi connectivity index (χ2v) is 4.38. The molecule has 0 bridgehead atoms. The summed E-state index contributed by atoms with van der Waals surface area (Å²) in [7, 11) is 0. The number of pyridine rings is 1. The Labute approximate surface area is 98.8 Å². The third kappa shape index (κ3) is 6.36. The average Bonchev–Trinajstić information content (AvgIpc) is 2.29. The Morgan fingerprint density at radius 1 is 1.31 bits per heavy atom. The van der Waals surface area contributed by atoms with Crippen molar-refractivity contribution in [1.82, 2.24) is 10.3 Å². The minimum absolute atomic E-state index is 0.734. The molecule has 0 radical (unpaired) electrons. The van der Waals surface area contributed by atoms with E-state index in [9.17, 15) is 0 Å². The lowest BCUT2D eigenvalue weighted by molar-refractivity contribution is 0.556. The van der Waals surface area contributed by atoms with Crippen molar-refractivity contribution in [2.24, 2.45) is 5.92 Å². The Morgan fingerprint density at radius 3 is 2.88 bits per heavy atom. The fraction of sp³-hybridized carbons (Fsp3) is 0.500. The summed E-state index contributed by atoms with van der Waals surface area (Å²) in [6.45, 7) is 6.62. The molecule has 2 heteroatoms. The molecule has 0 aliphatic rings. The van der Waals surface area contributed by atoms with Crippen LogP contribution in [-0.2, 0) is 6.42 Å². The van der Waals surface area contributed by atoms with Gasteiger partial charge >= 0.3 is 0 Å². The van der Waals surface area contributed by atoms with Crippen LogP contribution < -0.4 is 5.32 Å². The van der Waals surface area contributed by atoms with Crippen LogP contribution in [0.3, 0.4) is 0 Å². The molecule has 0 saturated carbocycles. The van der Waals surface area contributed by atoms with Gasteiger partial charge < -0.3 is 5.32 Å². The third-order valence-corrected chi connectivity index (χ3v) is 2.26. The highest BCUT2D eigenvalue weighted by molar-refractivity contribution is 5.07. The van der Waals surface area contributed by atoms with Crippen LogP contribution in [0.1, 0.15) is 26.0 Å². The predicted octanol–water partition coefficient (Wildman–Crippen LogP) is 2.82. The zero-order chi connectivity index (χ0) is 11.6. The normalized spacial score (nSPS) is 11.4. The molecule has 1 heterocycles. The first-order chi connectivity index (χ1) is 7.79. The molecule has 1 N–H and O–H groups in total. The average molecular weight is 218 g/mol. The van der Waals surface area contributed by atoms with Gasteiger partial charge in [0.05, 0.1) is 0 Å². The molecule has 0 aromatic carbocycles. The van der Waals surface area contributed by atoms with Gasteiger partial charge in [0.15, 0.2) is 0 Å². The Balaban J connectivity index is 2.05. The van der Waals surface area contributed by atoms with Gasteiger partial charge in [0.1, 0.15) is 0 Å². The van der Waals surface area contributed by atoms with Gasteiger partial charge in [-0.25, -0.2) is 0 Å². The first-order valence-electron chi connectivity index (χ1n) is 6.04. The van der Waals surface area contributed by atoms with Crippen LogP contribution in [0.25, 0.3) is 0 Å². The highest BCUT2D eigenvalue weighted by Crippen LogP contribution is 1.96. The highest BCUT2D eigenvalue weighted by Gasteiger charge is 1.91.